The van der Waals surface area contributed by atoms with E-state index in [-0.39, 0.29) is 29.3 Å². The van der Waals surface area contributed by atoms with Crippen LogP contribution in [-0.4, -0.2) is 43.9 Å². The maximum Gasteiger partial charge on any atom is 0.360 e. The first-order valence-electron chi connectivity index (χ1n) is 6.72. The zero-order valence-corrected chi connectivity index (χ0v) is 12.3. The number of amides is 1. The lowest BCUT2D eigenvalue weighted by atomic mass is 10.2. The highest BCUT2D eigenvalue weighted by Crippen LogP contribution is 2.16. The average Bonchev–Trinajstić information content (AvgIpc) is 2.99. The van der Waals surface area contributed by atoms with Gasteiger partial charge in [-0.2, -0.15) is 0 Å². The third kappa shape index (κ3) is 2.71. The van der Waals surface area contributed by atoms with Crippen molar-refractivity contribution in [2.24, 2.45) is 0 Å². The fraction of sp³-hybridized carbons (Fsp3) is 0.357. The highest BCUT2D eigenvalue weighted by atomic mass is 32.2. The number of benzene rings is 1. The molecule has 1 saturated heterocycles. The summed E-state index contributed by atoms with van der Waals surface area (Å²) in [6, 6.07) is 5.65. The number of aromatic amines is 1. The predicted molar refractivity (Wildman–Crippen MR) is 76.5 cm³/mol. The summed E-state index contributed by atoms with van der Waals surface area (Å²) in [5.74, 6) is -0.378. The van der Waals surface area contributed by atoms with Crippen LogP contribution < -0.4 is 4.90 Å². The van der Waals surface area contributed by atoms with Gasteiger partial charge in [-0.25, -0.2) is 17.6 Å². The summed E-state index contributed by atoms with van der Waals surface area (Å²) < 4.78 is 36.2. The molecule has 0 saturated carbocycles. The van der Waals surface area contributed by atoms with E-state index in [0.717, 1.165) is 0 Å². The minimum atomic E-state index is -3.02. The van der Waals surface area contributed by atoms with Gasteiger partial charge in [-0.1, -0.05) is 0 Å². The second-order valence-electron chi connectivity index (χ2n) is 5.53. The Hall–Kier alpha value is -1.73. The third-order valence-corrected chi connectivity index (χ3v) is 5.80. The van der Waals surface area contributed by atoms with Crippen LogP contribution in [0.25, 0.3) is 10.9 Å². The SMILES string of the molecule is C[NH+](C(=O)c1cc2cc(F)ccc2[nH]1)[C@H]1CCS(=O)(=O)C1. The molecule has 2 heterocycles. The van der Waals surface area contributed by atoms with E-state index in [2.05, 4.69) is 4.98 Å². The number of carbonyl (C=O) groups is 1. The van der Waals surface area contributed by atoms with Crippen LogP contribution in [0.15, 0.2) is 24.3 Å². The van der Waals surface area contributed by atoms with Gasteiger partial charge in [0.05, 0.1) is 12.8 Å². The first kappa shape index (κ1) is 14.2. The lowest BCUT2D eigenvalue weighted by Crippen LogP contribution is -3.15. The zero-order chi connectivity index (χ0) is 15.2. The predicted octanol–water partition coefficient (Wildman–Crippen LogP) is 0.149. The van der Waals surface area contributed by atoms with Gasteiger partial charge in [0.2, 0.25) is 0 Å². The fourth-order valence-electron chi connectivity index (χ4n) is 2.76. The molecule has 1 aliphatic heterocycles. The molecule has 2 N–H and O–H groups in total. The van der Waals surface area contributed by atoms with Gasteiger partial charge in [0.1, 0.15) is 23.3 Å². The van der Waals surface area contributed by atoms with Gasteiger partial charge >= 0.3 is 5.91 Å². The van der Waals surface area contributed by atoms with Crippen molar-refractivity contribution in [2.45, 2.75) is 12.5 Å². The third-order valence-electron chi connectivity index (χ3n) is 4.03. The van der Waals surface area contributed by atoms with Crippen LogP contribution in [0.3, 0.4) is 0 Å². The van der Waals surface area contributed by atoms with E-state index in [1.54, 1.807) is 19.2 Å². The minimum absolute atomic E-state index is 0.0411. The maximum absolute atomic E-state index is 13.2. The highest BCUT2D eigenvalue weighted by molar-refractivity contribution is 7.91. The molecular formula is C14H16FN2O3S+. The van der Waals surface area contributed by atoms with Crippen LogP contribution >= 0.6 is 0 Å². The van der Waals surface area contributed by atoms with Gasteiger partial charge in [0.25, 0.3) is 0 Å². The minimum Gasteiger partial charge on any atom is -0.347 e. The van der Waals surface area contributed by atoms with Crippen LogP contribution in [0.2, 0.25) is 0 Å². The van der Waals surface area contributed by atoms with Crippen LogP contribution in [0.4, 0.5) is 4.39 Å². The highest BCUT2D eigenvalue weighted by Gasteiger charge is 2.37. The summed E-state index contributed by atoms with van der Waals surface area (Å²) in [6.07, 6.45) is 0.495. The molecule has 1 aliphatic rings. The van der Waals surface area contributed by atoms with Crippen molar-refractivity contribution in [1.29, 1.82) is 0 Å². The molecule has 3 rings (SSSR count). The molecule has 21 heavy (non-hydrogen) atoms. The molecule has 1 aromatic carbocycles. The molecule has 1 aromatic heterocycles. The zero-order valence-electron chi connectivity index (χ0n) is 11.5. The smallest absolute Gasteiger partial charge is 0.347 e. The molecule has 7 heteroatoms. The van der Waals surface area contributed by atoms with Crippen molar-refractivity contribution in [3.63, 3.8) is 0 Å². The van der Waals surface area contributed by atoms with E-state index in [1.807, 2.05) is 0 Å². The van der Waals surface area contributed by atoms with Crippen LogP contribution in [0, 0.1) is 5.82 Å². The average molecular weight is 311 g/mol. The number of H-pyrrole nitrogens is 1. The number of carbonyl (C=O) groups excluding carboxylic acids is 1. The lowest BCUT2D eigenvalue weighted by Gasteiger charge is -2.16. The number of rotatable bonds is 2. The summed E-state index contributed by atoms with van der Waals surface area (Å²) in [5, 5.41) is 0.630. The van der Waals surface area contributed by atoms with E-state index in [9.17, 15) is 17.6 Å². The molecule has 5 nitrogen and oxygen atoms in total. The maximum atomic E-state index is 13.2. The first-order chi connectivity index (χ1) is 9.85. The Balaban J connectivity index is 1.86. The summed E-state index contributed by atoms with van der Waals surface area (Å²) in [5.41, 5.74) is 1.06. The Bertz CT molecular complexity index is 813. The molecule has 2 atom stereocenters. The van der Waals surface area contributed by atoms with Gasteiger partial charge in [-0.05, 0) is 24.3 Å². The topological polar surface area (TPSA) is 71.4 Å². The fourth-order valence-corrected chi connectivity index (χ4v) is 4.60. The molecule has 1 fully saturated rings. The van der Waals surface area contributed by atoms with Crippen molar-refractivity contribution in [1.82, 2.24) is 4.98 Å². The van der Waals surface area contributed by atoms with Crippen LogP contribution in [-0.2, 0) is 9.84 Å². The Morgan fingerprint density at radius 2 is 2.14 bits per heavy atom. The second-order valence-corrected chi connectivity index (χ2v) is 7.76. The number of halogens is 1. The molecule has 1 unspecified atom stereocenters. The number of fused-ring (bicyclic) bond motifs is 1. The molecule has 112 valence electrons. The summed E-state index contributed by atoms with van der Waals surface area (Å²) in [6.45, 7) is 0. The molecule has 0 radical (unpaired) electrons. The summed E-state index contributed by atoms with van der Waals surface area (Å²) in [4.78, 5) is 15.9. The van der Waals surface area contributed by atoms with Gasteiger partial charge in [0, 0.05) is 17.3 Å². The second kappa shape index (κ2) is 4.92. The molecule has 0 aliphatic carbocycles. The van der Waals surface area contributed by atoms with E-state index in [4.69, 9.17) is 0 Å². The monoisotopic (exact) mass is 311 g/mol. The van der Waals surface area contributed by atoms with E-state index < -0.39 is 9.84 Å². The number of quaternary nitrogens is 1. The van der Waals surface area contributed by atoms with Crippen molar-refractivity contribution < 1.29 is 22.5 Å². The Morgan fingerprint density at radius 3 is 2.81 bits per heavy atom. The quantitative estimate of drug-likeness (QED) is 0.829. The molecular weight excluding hydrogens is 295 g/mol. The Morgan fingerprint density at radius 1 is 1.38 bits per heavy atom. The number of hydrogen-bond donors (Lipinski definition) is 2. The van der Waals surface area contributed by atoms with Crippen molar-refractivity contribution in [3.8, 4) is 0 Å². The molecule has 1 amide bonds. The van der Waals surface area contributed by atoms with Crippen LogP contribution in [0.5, 0.6) is 0 Å². The Kier molecular flexibility index (Phi) is 3.33. The van der Waals surface area contributed by atoms with Crippen molar-refractivity contribution >= 4 is 26.6 Å². The molecule has 0 spiro atoms. The van der Waals surface area contributed by atoms with Gasteiger partial charge in [-0.15, -0.1) is 0 Å². The van der Waals surface area contributed by atoms with Crippen LogP contribution in [0.1, 0.15) is 16.9 Å². The molecule has 0 bridgehead atoms. The number of nitrogens with one attached hydrogen (secondary N) is 2. The lowest BCUT2D eigenvalue weighted by molar-refractivity contribution is -0.817. The van der Waals surface area contributed by atoms with E-state index in [0.29, 0.717) is 27.9 Å². The first-order valence-corrected chi connectivity index (χ1v) is 8.55. The summed E-state index contributed by atoms with van der Waals surface area (Å²) in [7, 11) is -1.34. The van der Waals surface area contributed by atoms with Gasteiger partial charge < -0.3 is 4.98 Å². The molecule has 2 aromatic rings. The largest absolute Gasteiger partial charge is 0.360 e. The number of sulfone groups is 1. The van der Waals surface area contributed by atoms with Crippen molar-refractivity contribution in [3.05, 3.63) is 35.8 Å². The standard InChI is InChI=1S/C14H15FN2O3S/c1-17(11-4-5-21(19,20)8-11)14(18)13-7-9-6-10(15)2-3-12(9)16-13/h2-3,6-7,11,16H,4-5,8H2,1H3/p+1/t11-/m0/s1. The van der Waals surface area contributed by atoms with Crippen molar-refractivity contribution in [2.75, 3.05) is 18.6 Å². The number of aromatic nitrogens is 1. The van der Waals surface area contributed by atoms with E-state index >= 15 is 0 Å². The van der Waals surface area contributed by atoms with Gasteiger partial charge in [0.15, 0.2) is 9.84 Å². The normalized spacial score (nSPS) is 22.5. The summed E-state index contributed by atoms with van der Waals surface area (Å²) >= 11 is 0. The van der Waals surface area contributed by atoms with E-state index in [1.165, 1.54) is 12.1 Å². The Labute approximate surface area is 121 Å². The number of hydrogen-bond acceptors (Lipinski definition) is 3. The van der Waals surface area contributed by atoms with Gasteiger partial charge in [-0.3, -0.25) is 4.90 Å².